The number of carbonyl (C=O) groups excluding carboxylic acids is 1. The molecule has 0 aromatic carbocycles. The van der Waals surface area contributed by atoms with Gasteiger partial charge in [-0.05, 0) is 52.1 Å². The van der Waals surface area contributed by atoms with Gasteiger partial charge in [-0.2, -0.15) is 0 Å². The smallest absolute Gasteiger partial charge is 0.234 e. The predicted octanol–water partition coefficient (Wildman–Crippen LogP) is 0.587. The molecule has 0 aromatic rings. The van der Waals surface area contributed by atoms with Gasteiger partial charge in [0.1, 0.15) is 0 Å². The van der Waals surface area contributed by atoms with Crippen LogP contribution in [0.3, 0.4) is 0 Å². The minimum atomic E-state index is -0.0127. The van der Waals surface area contributed by atoms with Crippen LogP contribution >= 0.6 is 0 Å². The van der Waals surface area contributed by atoms with Crippen molar-refractivity contribution in [1.82, 2.24) is 15.5 Å². The molecule has 0 atom stereocenters. The Hall–Kier alpha value is -0.610. The fraction of sp³-hybridized carbons (Fsp3) is 0.923. The summed E-state index contributed by atoms with van der Waals surface area (Å²) in [7, 11) is 0. The molecule has 4 heteroatoms. The molecule has 2 rings (SSSR count). The molecule has 98 valence electrons. The first kappa shape index (κ1) is 12.8. The lowest BCUT2D eigenvalue weighted by Crippen LogP contribution is -2.49. The van der Waals surface area contributed by atoms with Gasteiger partial charge in [0, 0.05) is 18.6 Å². The number of rotatable bonds is 4. The van der Waals surface area contributed by atoms with Crippen LogP contribution < -0.4 is 10.6 Å². The van der Waals surface area contributed by atoms with E-state index in [1.165, 1.54) is 12.8 Å². The van der Waals surface area contributed by atoms with Gasteiger partial charge < -0.3 is 10.6 Å². The third kappa shape index (κ3) is 3.96. The van der Waals surface area contributed by atoms with E-state index in [1.54, 1.807) is 0 Å². The molecule has 1 amide bonds. The molecule has 0 aromatic heterocycles. The van der Waals surface area contributed by atoms with Gasteiger partial charge in [-0.1, -0.05) is 0 Å². The van der Waals surface area contributed by atoms with Crippen LogP contribution in [0.15, 0.2) is 0 Å². The highest BCUT2D eigenvalue weighted by atomic mass is 16.2. The van der Waals surface area contributed by atoms with Crippen LogP contribution in [0.5, 0.6) is 0 Å². The van der Waals surface area contributed by atoms with Crippen LogP contribution in [0.2, 0.25) is 0 Å². The van der Waals surface area contributed by atoms with Gasteiger partial charge >= 0.3 is 0 Å². The molecular weight excluding hydrogens is 214 g/mol. The summed E-state index contributed by atoms with van der Waals surface area (Å²) in [5.74, 6) is 0.876. The summed E-state index contributed by atoms with van der Waals surface area (Å²) in [6.45, 7) is 8.93. The van der Waals surface area contributed by atoms with Crippen LogP contribution in [-0.2, 0) is 4.79 Å². The average Bonchev–Trinajstić information content (AvgIpc) is 3.04. The lowest BCUT2D eigenvalue weighted by molar-refractivity contribution is -0.124. The molecule has 0 unspecified atom stereocenters. The van der Waals surface area contributed by atoms with Crippen molar-refractivity contribution in [3.8, 4) is 0 Å². The molecule has 4 nitrogen and oxygen atoms in total. The molecule has 17 heavy (non-hydrogen) atoms. The Balaban J connectivity index is 1.75. The van der Waals surface area contributed by atoms with E-state index in [-0.39, 0.29) is 11.4 Å². The molecule has 1 aliphatic heterocycles. The number of hydrogen-bond acceptors (Lipinski definition) is 3. The van der Waals surface area contributed by atoms with E-state index in [2.05, 4.69) is 29.4 Å². The maximum atomic E-state index is 12.0. The van der Waals surface area contributed by atoms with Gasteiger partial charge in [-0.25, -0.2) is 0 Å². The van der Waals surface area contributed by atoms with Gasteiger partial charge in [-0.15, -0.1) is 0 Å². The standard InChI is InChI=1S/C13H25N3O/c1-13(2,11-4-5-11)15-12(17)10-16-8-3-6-14-7-9-16/h11,14H,3-10H2,1-2H3,(H,15,17). The van der Waals surface area contributed by atoms with Crippen molar-refractivity contribution in [2.75, 3.05) is 32.7 Å². The van der Waals surface area contributed by atoms with Crippen LogP contribution in [0, 0.1) is 5.92 Å². The highest BCUT2D eigenvalue weighted by molar-refractivity contribution is 5.78. The summed E-state index contributed by atoms with van der Waals surface area (Å²) in [6, 6.07) is 0. The Bertz CT molecular complexity index is 266. The van der Waals surface area contributed by atoms with Crippen LogP contribution in [0.25, 0.3) is 0 Å². The zero-order valence-electron chi connectivity index (χ0n) is 11.1. The topological polar surface area (TPSA) is 44.4 Å². The molecule has 1 heterocycles. The molecule has 2 aliphatic rings. The summed E-state index contributed by atoms with van der Waals surface area (Å²) in [5, 5.41) is 6.54. The number of amides is 1. The number of nitrogens with zero attached hydrogens (tertiary/aromatic N) is 1. The maximum Gasteiger partial charge on any atom is 0.234 e. The highest BCUT2D eigenvalue weighted by Crippen LogP contribution is 2.39. The van der Waals surface area contributed by atoms with E-state index >= 15 is 0 Å². The fourth-order valence-electron chi connectivity index (χ4n) is 2.57. The van der Waals surface area contributed by atoms with Crippen molar-refractivity contribution >= 4 is 5.91 Å². The number of hydrogen-bond donors (Lipinski definition) is 2. The summed E-state index contributed by atoms with van der Waals surface area (Å²) >= 11 is 0. The average molecular weight is 239 g/mol. The van der Waals surface area contributed by atoms with E-state index < -0.39 is 0 Å². The molecule has 2 N–H and O–H groups in total. The predicted molar refractivity (Wildman–Crippen MR) is 68.9 cm³/mol. The second-order valence-electron chi connectivity index (χ2n) is 5.92. The van der Waals surface area contributed by atoms with E-state index in [0.717, 1.165) is 32.6 Å². The minimum absolute atomic E-state index is 0.0127. The largest absolute Gasteiger partial charge is 0.350 e. The lowest BCUT2D eigenvalue weighted by Gasteiger charge is -2.28. The first-order valence-electron chi connectivity index (χ1n) is 6.82. The van der Waals surface area contributed by atoms with E-state index in [4.69, 9.17) is 0 Å². The molecule has 1 saturated carbocycles. The van der Waals surface area contributed by atoms with Crippen molar-refractivity contribution in [1.29, 1.82) is 0 Å². The maximum absolute atomic E-state index is 12.0. The van der Waals surface area contributed by atoms with Gasteiger partial charge in [-0.3, -0.25) is 9.69 Å². The molecule has 2 fully saturated rings. The van der Waals surface area contributed by atoms with Crippen molar-refractivity contribution in [2.45, 2.75) is 38.6 Å². The zero-order chi connectivity index (χ0) is 12.3. The third-order valence-electron chi connectivity index (χ3n) is 3.86. The number of nitrogens with one attached hydrogen (secondary N) is 2. The second kappa shape index (κ2) is 5.36. The second-order valence-corrected chi connectivity index (χ2v) is 5.92. The van der Waals surface area contributed by atoms with Gasteiger partial charge in [0.05, 0.1) is 6.54 Å². The Morgan fingerprint density at radius 2 is 2.12 bits per heavy atom. The molecule has 1 aliphatic carbocycles. The molecule has 0 spiro atoms. The lowest BCUT2D eigenvalue weighted by atomic mass is 9.99. The zero-order valence-corrected chi connectivity index (χ0v) is 11.1. The minimum Gasteiger partial charge on any atom is -0.350 e. The highest BCUT2D eigenvalue weighted by Gasteiger charge is 2.38. The van der Waals surface area contributed by atoms with E-state index in [0.29, 0.717) is 12.5 Å². The quantitative estimate of drug-likeness (QED) is 0.754. The monoisotopic (exact) mass is 239 g/mol. The summed E-state index contributed by atoms with van der Waals surface area (Å²) in [4.78, 5) is 14.2. The van der Waals surface area contributed by atoms with Crippen molar-refractivity contribution < 1.29 is 4.79 Å². The first-order valence-corrected chi connectivity index (χ1v) is 6.82. The molecule has 0 radical (unpaired) electrons. The molecule has 1 saturated heterocycles. The van der Waals surface area contributed by atoms with Gasteiger partial charge in [0.15, 0.2) is 0 Å². The molecular formula is C13H25N3O. The van der Waals surface area contributed by atoms with Crippen LogP contribution in [-0.4, -0.2) is 49.1 Å². The normalized spacial score (nSPS) is 23.2. The Labute approximate surface area is 104 Å². The van der Waals surface area contributed by atoms with E-state index in [9.17, 15) is 4.79 Å². The van der Waals surface area contributed by atoms with Crippen molar-refractivity contribution in [3.05, 3.63) is 0 Å². The number of carbonyl (C=O) groups is 1. The fourth-order valence-corrected chi connectivity index (χ4v) is 2.57. The summed E-state index contributed by atoms with van der Waals surface area (Å²) in [6.07, 6.45) is 3.67. The van der Waals surface area contributed by atoms with Gasteiger partial charge in [0.2, 0.25) is 5.91 Å². The van der Waals surface area contributed by atoms with Crippen molar-refractivity contribution in [2.24, 2.45) is 5.92 Å². The third-order valence-corrected chi connectivity index (χ3v) is 3.86. The SMILES string of the molecule is CC(C)(NC(=O)CN1CCCNCC1)C1CC1. The first-order chi connectivity index (χ1) is 8.08. The Morgan fingerprint density at radius 3 is 2.82 bits per heavy atom. The Kier molecular flexibility index (Phi) is 4.05. The van der Waals surface area contributed by atoms with Gasteiger partial charge in [0.25, 0.3) is 0 Å². The van der Waals surface area contributed by atoms with E-state index in [1.807, 2.05) is 0 Å². The van der Waals surface area contributed by atoms with Crippen molar-refractivity contribution in [3.63, 3.8) is 0 Å². The van der Waals surface area contributed by atoms with Crippen LogP contribution in [0.4, 0.5) is 0 Å². The summed E-state index contributed by atoms with van der Waals surface area (Å²) in [5.41, 5.74) is -0.0127. The summed E-state index contributed by atoms with van der Waals surface area (Å²) < 4.78 is 0. The molecule has 0 bridgehead atoms. The van der Waals surface area contributed by atoms with Crippen LogP contribution in [0.1, 0.15) is 33.1 Å². The Morgan fingerprint density at radius 1 is 1.35 bits per heavy atom.